The van der Waals surface area contributed by atoms with Gasteiger partial charge in [-0.1, -0.05) is 11.6 Å². The predicted octanol–water partition coefficient (Wildman–Crippen LogP) is 1.71. The molecule has 1 aromatic carbocycles. The number of anilines is 1. The van der Waals surface area contributed by atoms with E-state index >= 15 is 0 Å². The molecule has 0 saturated carbocycles. The van der Waals surface area contributed by atoms with Gasteiger partial charge in [0, 0.05) is 11.3 Å². The summed E-state index contributed by atoms with van der Waals surface area (Å²) in [6.45, 7) is 0. The number of halogens is 1. The molecule has 4 nitrogen and oxygen atoms in total. The van der Waals surface area contributed by atoms with Crippen molar-refractivity contribution in [1.29, 1.82) is 0 Å². The molecule has 13 heavy (non-hydrogen) atoms. The number of benzene rings is 1. The summed E-state index contributed by atoms with van der Waals surface area (Å²) in [5.41, 5.74) is 6.98. The van der Waals surface area contributed by atoms with Crippen LogP contribution < -0.4 is 5.73 Å². The lowest BCUT2D eigenvalue weighted by Crippen LogP contribution is -1.87. The molecule has 0 aliphatic carbocycles. The zero-order valence-corrected chi connectivity index (χ0v) is 7.42. The second kappa shape index (κ2) is 3.06. The molecule has 1 aromatic heterocycles. The van der Waals surface area contributed by atoms with Crippen molar-refractivity contribution in [2.45, 2.75) is 0 Å². The maximum absolute atomic E-state index is 5.95. The number of rotatable bonds is 1. The molecule has 1 heterocycles. The summed E-state index contributed by atoms with van der Waals surface area (Å²) in [5.74, 6) is 0.644. The summed E-state index contributed by atoms with van der Waals surface area (Å²) in [7, 11) is 0. The molecule has 0 fully saturated rings. The molecule has 2 aromatic rings. The maximum Gasteiger partial charge on any atom is 0.156 e. The minimum Gasteiger partial charge on any atom is -0.399 e. The van der Waals surface area contributed by atoms with Gasteiger partial charge in [-0.25, -0.2) is 4.98 Å². The molecule has 2 rings (SSSR count). The van der Waals surface area contributed by atoms with E-state index in [-0.39, 0.29) is 0 Å². The Morgan fingerprint density at radius 1 is 1.38 bits per heavy atom. The van der Waals surface area contributed by atoms with Crippen molar-refractivity contribution in [1.82, 2.24) is 15.2 Å². The minimum atomic E-state index is 0.566. The maximum atomic E-state index is 5.95. The molecule has 0 spiro atoms. The lowest BCUT2D eigenvalue weighted by Gasteiger charge is -2.00. The zero-order valence-electron chi connectivity index (χ0n) is 6.66. The number of nitrogens with two attached hydrogens (primary N) is 1. The molecule has 0 bridgehead atoms. The van der Waals surface area contributed by atoms with Gasteiger partial charge < -0.3 is 5.73 Å². The van der Waals surface area contributed by atoms with Crippen LogP contribution >= 0.6 is 11.6 Å². The van der Waals surface area contributed by atoms with E-state index in [1.165, 1.54) is 6.33 Å². The van der Waals surface area contributed by atoms with E-state index in [1.807, 2.05) is 0 Å². The second-order valence-corrected chi connectivity index (χ2v) is 2.98. The van der Waals surface area contributed by atoms with Crippen molar-refractivity contribution >= 4 is 17.3 Å². The average Bonchev–Trinajstić information content (AvgIpc) is 2.56. The van der Waals surface area contributed by atoms with Gasteiger partial charge in [-0.05, 0) is 18.2 Å². The Balaban J connectivity index is 2.53. The van der Waals surface area contributed by atoms with Crippen LogP contribution in [0.3, 0.4) is 0 Å². The molecule has 0 amide bonds. The zero-order chi connectivity index (χ0) is 9.26. The SMILES string of the molecule is Nc1ccc(-c2ncn[nH]2)c(Cl)c1. The van der Waals surface area contributed by atoms with Gasteiger partial charge in [-0.15, -0.1) is 0 Å². The number of nitrogens with zero attached hydrogens (tertiary/aromatic N) is 2. The van der Waals surface area contributed by atoms with E-state index in [4.69, 9.17) is 17.3 Å². The van der Waals surface area contributed by atoms with Crippen LogP contribution in [0.1, 0.15) is 0 Å². The van der Waals surface area contributed by atoms with E-state index in [0.717, 1.165) is 5.56 Å². The first-order chi connectivity index (χ1) is 6.27. The fraction of sp³-hybridized carbons (Fsp3) is 0. The molecular formula is C8H7ClN4. The molecule has 0 aliphatic rings. The normalized spacial score (nSPS) is 10.2. The van der Waals surface area contributed by atoms with Crippen LogP contribution in [0, 0.1) is 0 Å². The van der Waals surface area contributed by atoms with Gasteiger partial charge >= 0.3 is 0 Å². The first-order valence-corrected chi connectivity index (χ1v) is 4.06. The van der Waals surface area contributed by atoms with Crippen molar-refractivity contribution < 1.29 is 0 Å². The van der Waals surface area contributed by atoms with Gasteiger partial charge in [0.2, 0.25) is 0 Å². The van der Waals surface area contributed by atoms with Crippen LogP contribution in [0.15, 0.2) is 24.5 Å². The molecule has 66 valence electrons. The van der Waals surface area contributed by atoms with Crippen molar-refractivity contribution in [3.8, 4) is 11.4 Å². The van der Waals surface area contributed by atoms with Gasteiger partial charge in [0.25, 0.3) is 0 Å². The van der Waals surface area contributed by atoms with Crippen LogP contribution in [0.4, 0.5) is 5.69 Å². The second-order valence-electron chi connectivity index (χ2n) is 2.57. The third-order valence-electron chi connectivity index (χ3n) is 1.66. The monoisotopic (exact) mass is 194 g/mol. The fourth-order valence-corrected chi connectivity index (χ4v) is 1.34. The highest BCUT2D eigenvalue weighted by atomic mass is 35.5. The summed E-state index contributed by atoms with van der Waals surface area (Å²) in [4.78, 5) is 3.99. The Morgan fingerprint density at radius 3 is 2.85 bits per heavy atom. The summed E-state index contributed by atoms with van der Waals surface area (Å²) in [6, 6.07) is 5.25. The Kier molecular flexibility index (Phi) is 1.90. The Hall–Kier alpha value is -1.55. The number of hydrogen-bond acceptors (Lipinski definition) is 3. The van der Waals surface area contributed by atoms with Gasteiger partial charge in [0.05, 0.1) is 5.02 Å². The summed E-state index contributed by atoms with van der Waals surface area (Å²) < 4.78 is 0. The van der Waals surface area contributed by atoms with Crippen LogP contribution in [0.5, 0.6) is 0 Å². The van der Waals surface area contributed by atoms with Gasteiger partial charge in [0.1, 0.15) is 6.33 Å². The van der Waals surface area contributed by atoms with Crippen molar-refractivity contribution in [2.75, 3.05) is 5.73 Å². The van der Waals surface area contributed by atoms with Gasteiger partial charge in [-0.2, -0.15) is 5.10 Å². The molecule has 5 heteroatoms. The highest BCUT2D eigenvalue weighted by molar-refractivity contribution is 6.33. The summed E-state index contributed by atoms with van der Waals surface area (Å²) >= 11 is 5.95. The summed E-state index contributed by atoms with van der Waals surface area (Å²) in [5, 5.41) is 7.03. The smallest absolute Gasteiger partial charge is 0.156 e. The summed E-state index contributed by atoms with van der Waals surface area (Å²) in [6.07, 6.45) is 1.43. The van der Waals surface area contributed by atoms with Crippen molar-refractivity contribution in [3.63, 3.8) is 0 Å². The quantitative estimate of drug-likeness (QED) is 0.679. The Labute approximate surface area is 79.7 Å². The van der Waals surface area contributed by atoms with Crippen LogP contribution in [0.2, 0.25) is 5.02 Å². The number of H-pyrrole nitrogens is 1. The molecule has 3 N–H and O–H groups in total. The van der Waals surface area contributed by atoms with E-state index in [2.05, 4.69) is 15.2 Å². The first-order valence-electron chi connectivity index (χ1n) is 3.68. The molecule has 0 aliphatic heterocycles. The molecule has 0 atom stereocenters. The fourth-order valence-electron chi connectivity index (χ4n) is 1.06. The Morgan fingerprint density at radius 2 is 2.23 bits per heavy atom. The highest BCUT2D eigenvalue weighted by Gasteiger charge is 2.05. The third-order valence-corrected chi connectivity index (χ3v) is 1.98. The Bertz CT molecular complexity index is 410. The van der Waals surface area contributed by atoms with Crippen LogP contribution in [0.25, 0.3) is 11.4 Å². The predicted molar refractivity (Wildman–Crippen MR) is 51.2 cm³/mol. The largest absolute Gasteiger partial charge is 0.399 e. The molecular weight excluding hydrogens is 188 g/mol. The van der Waals surface area contributed by atoms with E-state index in [1.54, 1.807) is 18.2 Å². The molecule has 0 saturated heterocycles. The van der Waals surface area contributed by atoms with Gasteiger partial charge in [-0.3, -0.25) is 5.10 Å². The van der Waals surface area contributed by atoms with E-state index in [0.29, 0.717) is 16.5 Å². The highest BCUT2D eigenvalue weighted by Crippen LogP contribution is 2.26. The molecule has 0 radical (unpaired) electrons. The van der Waals surface area contributed by atoms with Crippen LogP contribution in [-0.2, 0) is 0 Å². The number of aromatic amines is 1. The number of nitrogen functional groups attached to an aromatic ring is 1. The van der Waals surface area contributed by atoms with Crippen LogP contribution in [-0.4, -0.2) is 15.2 Å². The third kappa shape index (κ3) is 1.48. The topological polar surface area (TPSA) is 67.6 Å². The lowest BCUT2D eigenvalue weighted by molar-refractivity contribution is 1.10. The minimum absolute atomic E-state index is 0.566. The van der Waals surface area contributed by atoms with E-state index in [9.17, 15) is 0 Å². The number of nitrogens with one attached hydrogen (secondary N) is 1. The van der Waals surface area contributed by atoms with Crippen molar-refractivity contribution in [3.05, 3.63) is 29.5 Å². The molecule has 0 unspecified atom stereocenters. The van der Waals surface area contributed by atoms with Gasteiger partial charge in [0.15, 0.2) is 5.82 Å². The average molecular weight is 195 g/mol. The lowest BCUT2D eigenvalue weighted by atomic mass is 10.2. The first kappa shape index (κ1) is 8.07. The van der Waals surface area contributed by atoms with E-state index < -0.39 is 0 Å². The van der Waals surface area contributed by atoms with Crippen molar-refractivity contribution in [2.24, 2.45) is 0 Å². The number of hydrogen-bond donors (Lipinski definition) is 2. The number of aromatic nitrogens is 3. The standard InChI is InChI=1S/C8H7ClN4/c9-7-3-5(10)1-2-6(7)8-11-4-12-13-8/h1-4H,10H2,(H,11,12,13).